The van der Waals surface area contributed by atoms with E-state index in [1.54, 1.807) is 35.4 Å². The second kappa shape index (κ2) is 10.6. The average Bonchev–Trinajstić information content (AvgIpc) is 3.12. The molecule has 2 fully saturated rings. The van der Waals surface area contributed by atoms with Crippen molar-refractivity contribution in [2.75, 3.05) is 42.9 Å². The number of aliphatic hydroxyl groups excluding tert-OH is 2. The van der Waals surface area contributed by atoms with Crippen molar-refractivity contribution in [2.24, 2.45) is 0 Å². The number of aliphatic hydroxyl groups is 2. The van der Waals surface area contributed by atoms with E-state index in [0.29, 0.717) is 31.9 Å². The summed E-state index contributed by atoms with van der Waals surface area (Å²) < 4.78 is 5.73. The molecule has 0 aliphatic carbocycles. The number of benzene rings is 1. The molecule has 3 heterocycles. The summed E-state index contributed by atoms with van der Waals surface area (Å²) in [4.78, 5) is 33.0. The molecule has 1 aromatic carbocycles. The van der Waals surface area contributed by atoms with Gasteiger partial charge < -0.3 is 35.4 Å². The number of rotatable bonds is 6. The molecule has 0 unspecified atom stereocenters. The summed E-state index contributed by atoms with van der Waals surface area (Å²) in [7, 11) is 0. The Kier molecular flexibility index (Phi) is 7.38. The van der Waals surface area contributed by atoms with E-state index >= 15 is 0 Å². The number of ether oxygens (including phenoxy) is 1. The molecule has 0 spiro atoms. The number of pyridine rings is 1. The molecular formula is C23H29N5O5. The molecule has 0 bridgehead atoms. The summed E-state index contributed by atoms with van der Waals surface area (Å²) >= 11 is 0. The molecule has 3 amide bonds. The van der Waals surface area contributed by atoms with Gasteiger partial charge in [-0.15, -0.1) is 0 Å². The van der Waals surface area contributed by atoms with Crippen LogP contribution in [0.25, 0.3) is 0 Å². The van der Waals surface area contributed by atoms with Gasteiger partial charge in [0.1, 0.15) is 24.1 Å². The van der Waals surface area contributed by atoms with Crippen molar-refractivity contribution in [3.05, 3.63) is 54.7 Å². The molecule has 2 aliphatic heterocycles. The molecule has 0 radical (unpaired) electrons. The zero-order chi connectivity index (χ0) is 23.2. The van der Waals surface area contributed by atoms with Crippen molar-refractivity contribution >= 4 is 23.4 Å². The number of urea groups is 1. The highest BCUT2D eigenvalue weighted by atomic mass is 16.5. The summed E-state index contributed by atoms with van der Waals surface area (Å²) in [5.41, 5.74) is 0.634. The minimum atomic E-state index is -1.20. The van der Waals surface area contributed by atoms with Crippen molar-refractivity contribution in [1.29, 1.82) is 0 Å². The number of anilines is 2. The van der Waals surface area contributed by atoms with E-state index in [1.165, 1.54) is 0 Å². The second-order valence-corrected chi connectivity index (χ2v) is 8.16. The summed E-state index contributed by atoms with van der Waals surface area (Å²) in [6, 6.07) is 14.2. The minimum absolute atomic E-state index is 0.00430. The molecule has 4 rings (SSSR count). The third kappa shape index (κ3) is 5.78. The van der Waals surface area contributed by atoms with Crippen LogP contribution in [-0.2, 0) is 9.53 Å². The van der Waals surface area contributed by atoms with Crippen LogP contribution in [0.3, 0.4) is 0 Å². The van der Waals surface area contributed by atoms with Gasteiger partial charge in [-0.25, -0.2) is 9.78 Å². The molecule has 2 aromatic rings. The molecular weight excluding hydrogens is 426 g/mol. The Labute approximate surface area is 192 Å². The smallest absolute Gasteiger partial charge is 0.319 e. The molecule has 4 atom stereocenters. The molecule has 33 heavy (non-hydrogen) atoms. The fourth-order valence-electron chi connectivity index (χ4n) is 4.08. The van der Waals surface area contributed by atoms with Crippen molar-refractivity contribution in [2.45, 2.75) is 30.8 Å². The Hall–Kier alpha value is -3.21. The quantitative estimate of drug-likeness (QED) is 0.498. The molecule has 10 heteroatoms. The van der Waals surface area contributed by atoms with Gasteiger partial charge in [-0.05, 0) is 24.3 Å². The van der Waals surface area contributed by atoms with Crippen LogP contribution in [0.2, 0.25) is 0 Å². The van der Waals surface area contributed by atoms with Crippen LogP contribution in [-0.4, -0.2) is 89.2 Å². The van der Waals surface area contributed by atoms with Gasteiger partial charge in [-0.3, -0.25) is 4.79 Å². The first kappa shape index (κ1) is 23.0. The Morgan fingerprint density at radius 1 is 0.970 bits per heavy atom. The topological polar surface area (TPSA) is 127 Å². The minimum Gasteiger partial charge on any atom is -0.388 e. The SMILES string of the molecule is O=C(NC[C@H]1O[C@@H](CC(=O)N2CCN(c3ccccn3)CC2)[C@H](O)[C@@H]1O)Nc1ccccc1. The van der Waals surface area contributed by atoms with Crippen molar-refractivity contribution in [1.82, 2.24) is 15.2 Å². The zero-order valence-electron chi connectivity index (χ0n) is 18.2. The third-order valence-electron chi connectivity index (χ3n) is 5.94. The van der Waals surface area contributed by atoms with E-state index in [1.807, 2.05) is 24.3 Å². The van der Waals surface area contributed by atoms with E-state index < -0.39 is 30.4 Å². The van der Waals surface area contributed by atoms with E-state index in [2.05, 4.69) is 20.5 Å². The van der Waals surface area contributed by atoms with Crippen LogP contribution in [0, 0.1) is 0 Å². The Morgan fingerprint density at radius 2 is 1.67 bits per heavy atom. The number of nitrogens with zero attached hydrogens (tertiary/aromatic N) is 3. The summed E-state index contributed by atoms with van der Waals surface area (Å²) in [6.45, 7) is 2.44. The number of amides is 3. The predicted molar refractivity (Wildman–Crippen MR) is 122 cm³/mol. The number of hydrogen-bond donors (Lipinski definition) is 4. The van der Waals surface area contributed by atoms with Crippen LogP contribution >= 0.6 is 0 Å². The second-order valence-electron chi connectivity index (χ2n) is 8.16. The molecule has 2 saturated heterocycles. The summed E-state index contributed by atoms with van der Waals surface area (Å²) in [5.74, 6) is 0.747. The standard InChI is InChI=1S/C23H29N5O5/c29-20(28-12-10-27(11-13-28)19-8-4-5-9-24-19)14-17-21(30)22(31)18(33-17)15-25-23(32)26-16-6-2-1-3-7-16/h1-9,17-18,21-22,30-31H,10-15H2,(H2,25,26,32)/t17-,18+,21-,22+/m0/s1. The van der Waals surface area contributed by atoms with E-state index in [9.17, 15) is 19.8 Å². The molecule has 1 aromatic heterocycles. The predicted octanol–water partition coefficient (Wildman–Crippen LogP) is 0.431. The lowest BCUT2D eigenvalue weighted by Gasteiger charge is -2.36. The number of carbonyl (C=O) groups is 2. The highest BCUT2D eigenvalue weighted by Crippen LogP contribution is 2.24. The maximum atomic E-state index is 12.8. The van der Waals surface area contributed by atoms with Gasteiger partial charge in [0.25, 0.3) is 0 Å². The van der Waals surface area contributed by atoms with Gasteiger partial charge in [0.05, 0.1) is 12.5 Å². The number of nitrogens with one attached hydrogen (secondary N) is 2. The molecule has 10 nitrogen and oxygen atoms in total. The van der Waals surface area contributed by atoms with Gasteiger partial charge in [0, 0.05) is 44.6 Å². The van der Waals surface area contributed by atoms with E-state index in [-0.39, 0.29) is 18.9 Å². The number of hydrogen-bond acceptors (Lipinski definition) is 7. The Bertz CT molecular complexity index is 923. The van der Waals surface area contributed by atoms with Crippen molar-refractivity contribution < 1.29 is 24.5 Å². The maximum absolute atomic E-state index is 12.8. The van der Waals surface area contributed by atoms with Crippen LogP contribution in [0.4, 0.5) is 16.3 Å². The van der Waals surface area contributed by atoms with Crippen LogP contribution in [0.15, 0.2) is 54.7 Å². The van der Waals surface area contributed by atoms with Gasteiger partial charge >= 0.3 is 6.03 Å². The Balaban J connectivity index is 1.22. The number of para-hydroxylation sites is 1. The van der Waals surface area contributed by atoms with Crippen LogP contribution in [0.5, 0.6) is 0 Å². The Morgan fingerprint density at radius 3 is 2.36 bits per heavy atom. The van der Waals surface area contributed by atoms with Crippen molar-refractivity contribution in [3.63, 3.8) is 0 Å². The lowest BCUT2D eigenvalue weighted by Crippen LogP contribution is -2.50. The first-order valence-electron chi connectivity index (χ1n) is 11.1. The zero-order valence-corrected chi connectivity index (χ0v) is 18.2. The van der Waals surface area contributed by atoms with Gasteiger partial charge in [-0.2, -0.15) is 0 Å². The number of carbonyl (C=O) groups excluding carboxylic acids is 2. The highest BCUT2D eigenvalue weighted by Gasteiger charge is 2.44. The normalized spacial score (nSPS) is 25.0. The fraction of sp³-hybridized carbons (Fsp3) is 0.435. The van der Waals surface area contributed by atoms with E-state index in [4.69, 9.17) is 4.74 Å². The fourth-order valence-corrected chi connectivity index (χ4v) is 4.08. The van der Waals surface area contributed by atoms with Crippen LogP contribution in [0.1, 0.15) is 6.42 Å². The molecule has 176 valence electrons. The van der Waals surface area contributed by atoms with Crippen LogP contribution < -0.4 is 15.5 Å². The lowest BCUT2D eigenvalue weighted by atomic mass is 10.0. The first-order chi connectivity index (χ1) is 16.0. The largest absolute Gasteiger partial charge is 0.388 e. The van der Waals surface area contributed by atoms with Gasteiger partial charge in [0.2, 0.25) is 5.91 Å². The van der Waals surface area contributed by atoms with Crippen molar-refractivity contribution in [3.8, 4) is 0 Å². The monoisotopic (exact) mass is 455 g/mol. The summed E-state index contributed by atoms with van der Waals surface area (Å²) in [5, 5.41) is 26.0. The molecule has 0 saturated carbocycles. The number of aromatic nitrogens is 1. The van der Waals surface area contributed by atoms with E-state index in [0.717, 1.165) is 5.82 Å². The maximum Gasteiger partial charge on any atom is 0.319 e. The first-order valence-corrected chi connectivity index (χ1v) is 11.1. The highest BCUT2D eigenvalue weighted by molar-refractivity contribution is 5.89. The average molecular weight is 456 g/mol. The molecule has 4 N–H and O–H groups in total. The van der Waals surface area contributed by atoms with Gasteiger partial charge in [0.15, 0.2) is 0 Å². The summed E-state index contributed by atoms with van der Waals surface area (Å²) in [6.07, 6.45) is -2.32. The third-order valence-corrected chi connectivity index (χ3v) is 5.94. The number of piperazine rings is 1. The lowest BCUT2D eigenvalue weighted by molar-refractivity contribution is -0.135. The van der Waals surface area contributed by atoms with Gasteiger partial charge in [-0.1, -0.05) is 24.3 Å². The molecule has 2 aliphatic rings.